The van der Waals surface area contributed by atoms with E-state index in [1.54, 1.807) is 29.2 Å². The van der Waals surface area contributed by atoms with Gasteiger partial charge in [0.15, 0.2) is 6.61 Å². The fraction of sp³-hybridized carbons (Fsp3) is 0.200. The highest BCUT2D eigenvalue weighted by Crippen LogP contribution is 2.21. The molecule has 1 fully saturated rings. The second-order valence-electron chi connectivity index (χ2n) is 7.55. The molecule has 0 aliphatic carbocycles. The van der Waals surface area contributed by atoms with Crippen LogP contribution >= 0.6 is 11.6 Å². The Morgan fingerprint density at radius 1 is 0.771 bits per heavy atom. The van der Waals surface area contributed by atoms with Gasteiger partial charge in [-0.15, -0.1) is 0 Å². The third-order valence-electron chi connectivity index (χ3n) is 5.30. The minimum atomic E-state index is -1.82. The number of hydrogen-bond donors (Lipinski definition) is 2. The first kappa shape index (κ1) is 25.5. The van der Waals surface area contributed by atoms with Crippen molar-refractivity contribution in [2.45, 2.75) is 0 Å². The van der Waals surface area contributed by atoms with E-state index in [1.165, 1.54) is 0 Å². The molecule has 0 spiro atoms. The predicted octanol–water partition coefficient (Wildman–Crippen LogP) is 3.01. The second kappa shape index (κ2) is 11.8. The number of benzene rings is 3. The largest absolute Gasteiger partial charge is 0.484 e. The lowest BCUT2D eigenvalue weighted by atomic mass is 10.0. The van der Waals surface area contributed by atoms with Crippen molar-refractivity contribution in [3.63, 3.8) is 0 Å². The first-order valence-electron chi connectivity index (χ1n) is 10.7. The summed E-state index contributed by atoms with van der Waals surface area (Å²) in [6, 6.07) is 20.6. The van der Waals surface area contributed by atoms with E-state index in [9.17, 15) is 9.59 Å². The Hall–Kier alpha value is -4.11. The number of rotatable bonds is 4. The zero-order valence-electron chi connectivity index (χ0n) is 18.6. The van der Waals surface area contributed by atoms with Crippen LogP contribution in [0.3, 0.4) is 0 Å². The minimum absolute atomic E-state index is 0.00585. The molecular weight excluding hydrogens is 476 g/mol. The molecule has 0 aromatic heterocycles. The number of nitrogens with zero attached hydrogens (tertiary/aromatic N) is 2. The van der Waals surface area contributed by atoms with Crippen LogP contribution in [-0.2, 0) is 14.4 Å². The Morgan fingerprint density at radius 3 is 1.97 bits per heavy atom. The van der Waals surface area contributed by atoms with E-state index >= 15 is 0 Å². The van der Waals surface area contributed by atoms with Gasteiger partial charge in [0.2, 0.25) is 0 Å². The number of carbonyl (C=O) groups is 4. The summed E-state index contributed by atoms with van der Waals surface area (Å²) >= 11 is 5.85. The highest BCUT2D eigenvalue weighted by atomic mass is 35.5. The van der Waals surface area contributed by atoms with E-state index in [-0.39, 0.29) is 18.4 Å². The normalized spacial score (nSPS) is 12.9. The quantitative estimate of drug-likeness (QED) is 0.530. The molecule has 0 radical (unpaired) electrons. The van der Waals surface area contributed by atoms with Crippen LogP contribution in [0.2, 0.25) is 5.02 Å². The highest BCUT2D eigenvalue weighted by Gasteiger charge is 2.25. The maximum Gasteiger partial charge on any atom is 0.414 e. The lowest BCUT2D eigenvalue weighted by molar-refractivity contribution is -0.159. The summed E-state index contributed by atoms with van der Waals surface area (Å²) in [6.45, 7) is 1.99. The van der Waals surface area contributed by atoms with Crippen molar-refractivity contribution in [3.05, 3.63) is 77.3 Å². The smallest absolute Gasteiger partial charge is 0.414 e. The zero-order valence-corrected chi connectivity index (χ0v) is 19.4. The van der Waals surface area contributed by atoms with Gasteiger partial charge in [-0.2, -0.15) is 0 Å². The average molecular weight is 499 g/mol. The molecule has 2 amide bonds. The summed E-state index contributed by atoms with van der Waals surface area (Å²) in [5.74, 6) is -3.12. The Bertz CT molecular complexity index is 1200. The van der Waals surface area contributed by atoms with Gasteiger partial charge in [-0.1, -0.05) is 48.0 Å². The van der Waals surface area contributed by atoms with Crippen molar-refractivity contribution in [1.82, 2.24) is 9.80 Å². The standard InChI is InChI=1S/C23H21ClN2O3.C2H2O4/c24-18-8-10-19(11-9-18)29-16-22(27)25-12-14-26(15-13-25)23(28)21-7-3-5-17-4-1-2-6-20(17)21;3-1(4)2(5)6/h1-11H,12-16H2;(H,3,4)(H,5,6). The molecule has 3 aromatic carbocycles. The van der Waals surface area contributed by atoms with Crippen LogP contribution in [0.4, 0.5) is 0 Å². The van der Waals surface area contributed by atoms with Crippen molar-refractivity contribution < 1.29 is 34.1 Å². The molecular formula is C25H23ClN2O7. The topological polar surface area (TPSA) is 124 Å². The SMILES string of the molecule is O=C(COc1ccc(Cl)cc1)N1CCN(C(=O)c2cccc3ccccc23)CC1.O=C(O)C(=O)O. The summed E-state index contributed by atoms with van der Waals surface area (Å²) in [5.41, 5.74) is 0.703. The molecule has 3 aromatic rings. The summed E-state index contributed by atoms with van der Waals surface area (Å²) in [7, 11) is 0. The Morgan fingerprint density at radius 2 is 1.34 bits per heavy atom. The lowest BCUT2D eigenvalue weighted by Crippen LogP contribution is -2.51. The van der Waals surface area contributed by atoms with Gasteiger partial charge in [0.25, 0.3) is 11.8 Å². The van der Waals surface area contributed by atoms with Gasteiger partial charge >= 0.3 is 11.9 Å². The predicted molar refractivity (Wildman–Crippen MR) is 129 cm³/mol. The fourth-order valence-corrected chi connectivity index (χ4v) is 3.63. The zero-order chi connectivity index (χ0) is 25.4. The van der Waals surface area contributed by atoms with Gasteiger partial charge in [0.05, 0.1) is 0 Å². The lowest BCUT2D eigenvalue weighted by Gasteiger charge is -2.35. The Balaban J connectivity index is 0.000000509. The summed E-state index contributed by atoms with van der Waals surface area (Å²) in [6.07, 6.45) is 0. The molecule has 1 heterocycles. The van der Waals surface area contributed by atoms with Crippen molar-refractivity contribution in [2.24, 2.45) is 0 Å². The van der Waals surface area contributed by atoms with Gasteiger partial charge in [-0.25, -0.2) is 9.59 Å². The number of fused-ring (bicyclic) bond motifs is 1. The van der Waals surface area contributed by atoms with E-state index in [2.05, 4.69) is 0 Å². The molecule has 0 bridgehead atoms. The van der Waals surface area contributed by atoms with Crippen LogP contribution in [0.1, 0.15) is 10.4 Å². The number of amides is 2. The molecule has 35 heavy (non-hydrogen) atoms. The van der Waals surface area contributed by atoms with Crippen LogP contribution < -0.4 is 4.74 Å². The van der Waals surface area contributed by atoms with Crippen LogP contribution in [-0.4, -0.2) is 76.6 Å². The van der Waals surface area contributed by atoms with Crippen LogP contribution in [0, 0.1) is 0 Å². The van der Waals surface area contributed by atoms with Crippen molar-refractivity contribution in [2.75, 3.05) is 32.8 Å². The van der Waals surface area contributed by atoms with Crippen molar-refractivity contribution >= 4 is 46.1 Å². The summed E-state index contributed by atoms with van der Waals surface area (Å²) in [5, 5.41) is 17.4. The van der Waals surface area contributed by atoms with Crippen molar-refractivity contribution in [1.29, 1.82) is 0 Å². The molecule has 1 saturated heterocycles. The molecule has 0 unspecified atom stereocenters. The highest BCUT2D eigenvalue weighted by molar-refractivity contribution is 6.30. The summed E-state index contributed by atoms with van der Waals surface area (Å²) in [4.78, 5) is 47.2. The first-order chi connectivity index (χ1) is 16.8. The van der Waals surface area contributed by atoms with Gasteiger partial charge in [-0.3, -0.25) is 9.59 Å². The Labute approximate surface area is 206 Å². The maximum absolute atomic E-state index is 13.0. The van der Waals surface area contributed by atoms with E-state index < -0.39 is 11.9 Å². The van der Waals surface area contributed by atoms with Gasteiger partial charge in [-0.05, 0) is 41.1 Å². The number of hydrogen-bond acceptors (Lipinski definition) is 5. The van der Waals surface area contributed by atoms with Gasteiger partial charge < -0.3 is 24.7 Å². The van der Waals surface area contributed by atoms with Gasteiger partial charge in [0.1, 0.15) is 5.75 Å². The molecule has 10 heteroatoms. The second-order valence-corrected chi connectivity index (χ2v) is 7.99. The minimum Gasteiger partial charge on any atom is -0.484 e. The molecule has 4 rings (SSSR count). The van der Waals surface area contributed by atoms with Crippen LogP contribution in [0.15, 0.2) is 66.7 Å². The third kappa shape index (κ3) is 6.94. The summed E-state index contributed by atoms with van der Waals surface area (Å²) < 4.78 is 5.54. The molecule has 9 nitrogen and oxygen atoms in total. The monoisotopic (exact) mass is 498 g/mol. The number of carbonyl (C=O) groups excluding carboxylic acids is 2. The molecule has 2 N–H and O–H groups in total. The van der Waals surface area contributed by atoms with E-state index in [4.69, 9.17) is 36.1 Å². The van der Waals surface area contributed by atoms with Crippen molar-refractivity contribution in [3.8, 4) is 5.75 Å². The third-order valence-corrected chi connectivity index (χ3v) is 5.55. The van der Waals surface area contributed by atoms with Gasteiger partial charge in [0, 0.05) is 36.8 Å². The number of carboxylic acid groups (broad SMARTS) is 2. The fourth-order valence-electron chi connectivity index (χ4n) is 3.51. The Kier molecular flexibility index (Phi) is 8.63. The van der Waals surface area contributed by atoms with E-state index in [0.29, 0.717) is 42.5 Å². The van der Waals surface area contributed by atoms with E-state index in [0.717, 1.165) is 10.8 Å². The molecule has 0 atom stereocenters. The number of aliphatic carboxylic acids is 2. The van der Waals surface area contributed by atoms with Crippen LogP contribution in [0.25, 0.3) is 10.8 Å². The first-order valence-corrected chi connectivity index (χ1v) is 11.0. The molecule has 1 aliphatic rings. The number of ether oxygens (including phenoxy) is 1. The van der Waals surface area contributed by atoms with E-state index in [1.807, 2.05) is 47.4 Å². The number of piperazine rings is 1. The maximum atomic E-state index is 13.0. The molecule has 182 valence electrons. The molecule has 1 aliphatic heterocycles. The number of halogens is 1. The number of carboxylic acids is 2. The average Bonchev–Trinajstić information content (AvgIpc) is 2.88. The molecule has 0 saturated carbocycles. The van der Waals surface area contributed by atoms with Crippen LogP contribution in [0.5, 0.6) is 5.75 Å².